The Morgan fingerprint density at radius 3 is 1.43 bits per heavy atom. The lowest BCUT2D eigenvalue weighted by Crippen LogP contribution is -2.60. The van der Waals surface area contributed by atoms with Gasteiger partial charge in [0, 0.05) is 0 Å². The number of nitrogens with one attached hydrogen (secondary N) is 1. The first-order chi connectivity index (χ1) is 32.7. The minimum Gasteiger partial charge on any atom is -0.394 e. The maximum Gasteiger partial charge on any atom is 0.249 e. The molecule has 0 saturated carbocycles. The first-order valence-corrected chi connectivity index (χ1v) is 27.9. The van der Waals surface area contributed by atoms with Crippen molar-refractivity contribution in [2.45, 2.75) is 300 Å². The van der Waals surface area contributed by atoms with Gasteiger partial charge in [0.05, 0.1) is 25.4 Å². The van der Waals surface area contributed by atoms with E-state index in [1.807, 2.05) is 6.08 Å². The fourth-order valence-electron chi connectivity index (χ4n) is 8.83. The van der Waals surface area contributed by atoms with Crippen LogP contribution in [0, 0.1) is 0 Å². The molecular weight excluding hydrogens is 847 g/mol. The van der Waals surface area contributed by atoms with Crippen LogP contribution in [-0.2, 0) is 14.3 Å². The first-order valence-electron chi connectivity index (χ1n) is 27.9. The summed E-state index contributed by atoms with van der Waals surface area (Å²) in [5, 5.41) is 75.3. The maximum atomic E-state index is 13.1. The molecular formula is C56H105NO10. The fraction of sp³-hybridized carbons (Fsp3) is 0.875. The maximum absolute atomic E-state index is 13.1. The highest BCUT2D eigenvalue weighted by Gasteiger charge is 2.44. The summed E-state index contributed by atoms with van der Waals surface area (Å²) in [6, 6.07) is -1.18. The predicted octanol–water partition coefficient (Wildman–Crippen LogP) is 11.1. The first kappa shape index (κ1) is 63.3. The monoisotopic (exact) mass is 952 g/mol. The van der Waals surface area contributed by atoms with Crippen molar-refractivity contribution >= 4 is 5.91 Å². The van der Waals surface area contributed by atoms with Crippen molar-refractivity contribution in [2.75, 3.05) is 13.2 Å². The second kappa shape index (κ2) is 45.5. The molecule has 0 aliphatic carbocycles. The molecule has 1 heterocycles. The van der Waals surface area contributed by atoms with Crippen LogP contribution in [0.5, 0.6) is 0 Å². The fourth-order valence-corrected chi connectivity index (χ4v) is 8.83. The summed E-state index contributed by atoms with van der Waals surface area (Å²) in [6.07, 6.45) is 44.4. The van der Waals surface area contributed by atoms with E-state index in [4.69, 9.17) is 9.47 Å². The van der Waals surface area contributed by atoms with E-state index in [0.717, 1.165) is 44.9 Å². The van der Waals surface area contributed by atoms with Gasteiger partial charge in [0.1, 0.15) is 36.6 Å². The predicted molar refractivity (Wildman–Crippen MR) is 275 cm³/mol. The Kier molecular flexibility index (Phi) is 43.0. The lowest BCUT2D eigenvalue weighted by molar-refractivity contribution is -0.303. The van der Waals surface area contributed by atoms with Crippen LogP contribution in [0.2, 0.25) is 0 Å². The molecule has 8 N–H and O–H groups in total. The van der Waals surface area contributed by atoms with Crippen molar-refractivity contribution < 1.29 is 50.0 Å². The lowest BCUT2D eigenvalue weighted by Gasteiger charge is -2.40. The molecule has 1 saturated heterocycles. The quantitative estimate of drug-likeness (QED) is 0.0215. The number of carbonyl (C=O) groups excluding carboxylic acids is 1. The Bertz CT molecular complexity index is 1180. The zero-order valence-corrected chi connectivity index (χ0v) is 42.9. The number of aliphatic hydroxyl groups excluding tert-OH is 7. The third-order valence-electron chi connectivity index (χ3n) is 13.4. The largest absolute Gasteiger partial charge is 0.394 e. The van der Waals surface area contributed by atoms with Crippen molar-refractivity contribution in [3.63, 3.8) is 0 Å². The molecule has 0 bridgehead atoms. The van der Waals surface area contributed by atoms with Gasteiger partial charge in [-0.05, 0) is 64.2 Å². The van der Waals surface area contributed by atoms with Crippen molar-refractivity contribution in [3.05, 3.63) is 36.5 Å². The minimum absolute atomic E-state index is 0.254. The van der Waals surface area contributed by atoms with E-state index in [2.05, 4.69) is 49.5 Å². The van der Waals surface area contributed by atoms with Crippen LogP contribution in [0.1, 0.15) is 245 Å². The highest BCUT2D eigenvalue weighted by Crippen LogP contribution is 2.23. The van der Waals surface area contributed by atoms with Crippen LogP contribution in [0.25, 0.3) is 0 Å². The van der Waals surface area contributed by atoms with Gasteiger partial charge in [-0.3, -0.25) is 4.79 Å². The van der Waals surface area contributed by atoms with Gasteiger partial charge in [0.2, 0.25) is 5.91 Å². The van der Waals surface area contributed by atoms with Crippen LogP contribution in [0.15, 0.2) is 36.5 Å². The third-order valence-corrected chi connectivity index (χ3v) is 13.4. The third kappa shape index (κ3) is 34.3. The molecule has 0 radical (unpaired) electrons. The summed E-state index contributed by atoms with van der Waals surface area (Å²) in [5.74, 6) is -0.710. The van der Waals surface area contributed by atoms with Crippen LogP contribution >= 0.6 is 0 Å². The number of amides is 1. The number of unbranched alkanes of at least 4 members (excludes halogenated alkanes) is 29. The van der Waals surface area contributed by atoms with E-state index >= 15 is 0 Å². The SMILES string of the molecule is CCC/C=C/CCCC(O)C(O)C(COC1OC(CO)C(O)C(O)C1O)NC(=O)C(O)CCCCCCCCCCCCCCCCCC/C=C\C/C=C\CCCCCCCCCCCCC. The van der Waals surface area contributed by atoms with Gasteiger partial charge in [-0.2, -0.15) is 0 Å². The van der Waals surface area contributed by atoms with Gasteiger partial charge in [-0.1, -0.05) is 217 Å². The van der Waals surface area contributed by atoms with Crippen LogP contribution in [0.4, 0.5) is 0 Å². The van der Waals surface area contributed by atoms with Gasteiger partial charge in [-0.15, -0.1) is 0 Å². The van der Waals surface area contributed by atoms with E-state index in [1.165, 1.54) is 161 Å². The molecule has 1 aliphatic rings. The number of hydrogen-bond donors (Lipinski definition) is 8. The zero-order chi connectivity index (χ0) is 49.0. The standard InChI is InChI=1S/C56H105NO10/c1-3-5-7-9-11-12-13-14-15-16-17-18-19-20-21-22-23-24-25-26-27-28-29-30-31-32-33-34-35-36-37-38-40-42-44-49(60)55(65)57-47(51(61)48(59)43-41-39-10-8-6-4-2)46-66-56-54(64)53(63)52(62)50(45-58)67-56/h8,10,19-20,22-23,47-54,56,58-64H,3-7,9,11-18,21,24-46H2,1-2H3,(H,57,65)/b10-8+,20-19-,23-22-. The van der Waals surface area contributed by atoms with Crippen molar-refractivity contribution in [1.29, 1.82) is 0 Å². The zero-order valence-electron chi connectivity index (χ0n) is 42.9. The lowest BCUT2D eigenvalue weighted by atomic mass is 9.98. The summed E-state index contributed by atoms with van der Waals surface area (Å²) < 4.78 is 11.0. The average molecular weight is 952 g/mol. The molecule has 0 spiro atoms. The van der Waals surface area contributed by atoms with Gasteiger partial charge in [-0.25, -0.2) is 0 Å². The Morgan fingerprint density at radius 2 is 0.955 bits per heavy atom. The number of rotatable bonds is 47. The molecule has 11 heteroatoms. The Hall–Kier alpha value is -1.67. The average Bonchev–Trinajstić information content (AvgIpc) is 3.33. The van der Waals surface area contributed by atoms with Gasteiger partial charge in [0.15, 0.2) is 6.29 Å². The number of carbonyl (C=O) groups is 1. The minimum atomic E-state index is -1.66. The smallest absolute Gasteiger partial charge is 0.249 e. The molecule has 1 amide bonds. The molecule has 11 nitrogen and oxygen atoms in total. The molecule has 67 heavy (non-hydrogen) atoms. The molecule has 394 valence electrons. The molecule has 9 unspecified atom stereocenters. The molecule has 0 aromatic rings. The van der Waals surface area contributed by atoms with Crippen LogP contribution in [-0.4, -0.2) is 110 Å². The van der Waals surface area contributed by atoms with Crippen molar-refractivity contribution in [1.82, 2.24) is 5.32 Å². The normalized spacial score (nSPS) is 20.9. The Balaban J connectivity index is 2.10. The summed E-state index contributed by atoms with van der Waals surface area (Å²) in [5.41, 5.74) is 0. The molecule has 1 aliphatic heterocycles. The summed E-state index contributed by atoms with van der Waals surface area (Å²) in [4.78, 5) is 13.1. The van der Waals surface area contributed by atoms with Crippen LogP contribution < -0.4 is 5.32 Å². The van der Waals surface area contributed by atoms with Crippen molar-refractivity contribution in [2.24, 2.45) is 0 Å². The Labute approximate surface area is 409 Å². The van der Waals surface area contributed by atoms with Crippen molar-refractivity contribution in [3.8, 4) is 0 Å². The molecule has 0 aromatic carbocycles. The molecule has 1 rings (SSSR count). The topological polar surface area (TPSA) is 189 Å². The van der Waals surface area contributed by atoms with Gasteiger partial charge < -0.3 is 50.5 Å². The van der Waals surface area contributed by atoms with Gasteiger partial charge in [0.25, 0.3) is 0 Å². The second-order valence-corrected chi connectivity index (χ2v) is 19.6. The van der Waals surface area contributed by atoms with E-state index in [9.17, 15) is 40.5 Å². The highest BCUT2D eigenvalue weighted by molar-refractivity contribution is 5.80. The second-order valence-electron chi connectivity index (χ2n) is 19.6. The van der Waals surface area contributed by atoms with E-state index in [1.54, 1.807) is 0 Å². The van der Waals surface area contributed by atoms with E-state index < -0.39 is 74.2 Å². The molecule has 1 fully saturated rings. The highest BCUT2D eigenvalue weighted by atomic mass is 16.7. The number of ether oxygens (including phenoxy) is 2. The summed E-state index contributed by atoms with van der Waals surface area (Å²) >= 11 is 0. The van der Waals surface area contributed by atoms with E-state index in [0.29, 0.717) is 12.8 Å². The number of allylic oxidation sites excluding steroid dienone is 6. The number of aliphatic hydroxyl groups is 7. The van der Waals surface area contributed by atoms with Gasteiger partial charge >= 0.3 is 0 Å². The van der Waals surface area contributed by atoms with Crippen LogP contribution in [0.3, 0.4) is 0 Å². The summed E-state index contributed by atoms with van der Waals surface area (Å²) in [6.45, 7) is 3.30. The van der Waals surface area contributed by atoms with E-state index in [-0.39, 0.29) is 12.8 Å². The Morgan fingerprint density at radius 1 is 0.522 bits per heavy atom. The molecule has 9 atom stereocenters. The summed E-state index contributed by atoms with van der Waals surface area (Å²) in [7, 11) is 0. The molecule has 0 aromatic heterocycles. The number of hydrogen-bond acceptors (Lipinski definition) is 10.